The third-order valence-corrected chi connectivity index (χ3v) is 3.03. The number of carbonyl (C=O) groups excluding carboxylic acids is 1. The smallest absolute Gasteiger partial charge is 0.716 e. The summed E-state index contributed by atoms with van der Waals surface area (Å²) < 4.78 is 41.0. The Bertz CT molecular complexity index is 767. The van der Waals surface area contributed by atoms with E-state index in [2.05, 4.69) is 9.17 Å². The van der Waals surface area contributed by atoms with Crippen molar-refractivity contribution in [1.82, 2.24) is 4.98 Å². The third kappa shape index (κ3) is 4.21. The number of esters is 1. The number of aromatic amines is 1. The van der Waals surface area contributed by atoms with Gasteiger partial charge in [-0.3, -0.25) is 0 Å². The first-order chi connectivity index (χ1) is 9.31. The van der Waals surface area contributed by atoms with Gasteiger partial charge in [-0.2, -0.15) is 0 Å². The number of aryl methyl sites for hydroxylation is 1. The maximum absolute atomic E-state index is 11.9. The molecule has 108 valence electrons. The second-order valence-corrected chi connectivity index (χ2v) is 5.03. The van der Waals surface area contributed by atoms with E-state index in [-0.39, 0.29) is 47.5 Å². The number of fused-ring (bicyclic) bond motifs is 1. The van der Waals surface area contributed by atoms with Crippen LogP contribution in [0.25, 0.3) is 10.9 Å². The summed E-state index contributed by atoms with van der Waals surface area (Å²) in [5, 5.41) is 0.433. The van der Waals surface area contributed by atoms with Crippen LogP contribution in [0.1, 0.15) is 23.0 Å². The van der Waals surface area contributed by atoms with Crippen molar-refractivity contribution >= 4 is 27.3 Å². The number of aromatic nitrogens is 1. The molecule has 0 atom stereocenters. The summed E-state index contributed by atoms with van der Waals surface area (Å²) in [5.41, 5.74) is 1.48. The molecule has 0 spiro atoms. The van der Waals surface area contributed by atoms with Crippen molar-refractivity contribution in [3.8, 4) is 5.75 Å². The van der Waals surface area contributed by atoms with E-state index in [1.54, 1.807) is 13.8 Å². The Labute approximate surface area is 143 Å². The van der Waals surface area contributed by atoms with Gasteiger partial charge in [-0.15, -0.1) is 0 Å². The Balaban J connectivity index is 0.00000220. The fourth-order valence-corrected chi connectivity index (χ4v) is 2.28. The number of ether oxygens (including phenoxy) is 1. The van der Waals surface area contributed by atoms with Crippen LogP contribution < -0.4 is 33.7 Å². The summed E-state index contributed by atoms with van der Waals surface area (Å²) in [6.07, 6.45) is 0. The normalized spacial score (nSPS) is 11.0. The van der Waals surface area contributed by atoms with E-state index in [1.165, 1.54) is 18.2 Å². The monoisotopic (exact) mass is 321 g/mol. The minimum Gasteiger partial charge on any atom is -0.716 e. The molecule has 1 heterocycles. The van der Waals surface area contributed by atoms with E-state index >= 15 is 0 Å². The molecule has 21 heavy (non-hydrogen) atoms. The zero-order valence-electron chi connectivity index (χ0n) is 11.8. The van der Waals surface area contributed by atoms with Crippen LogP contribution in [0.2, 0.25) is 0 Å². The van der Waals surface area contributed by atoms with Gasteiger partial charge in [0.15, 0.2) is 0 Å². The van der Waals surface area contributed by atoms with Gasteiger partial charge in [0.05, 0.1) is 12.2 Å². The zero-order chi connectivity index (χ0) is 14.9. The van der Waals surface area contributed by atoms with Gasteiger partial charge in [-0.1, -0.05) is 0 Å². The van der Waals surface area contributed by atoms with Crippen LogP contribution in [-0.2, 0) is 15.1 Å². The standard InChI is InChI=1S/C12H13NO6S.Na/c1-3-18-12(14)11-7(2)13-10-5-4-8(6-9(10)11)19-20(15,16)17;/h4-6,13H,3H2,1-2H3,(H,15,16,17);/q;+1/p-1. The van der Waals surface area contributed by atoms with Gasteiger partial charge in [0.25, 0.3) is 10.4 Å². The number of benzene rings is 1. The quantitative estimate of drug-likeness (QED) is 0.318. The fraction of sp³-hybridized carbons (Fsp3) is 0.250. The average Bonchev–Trinajstić information content (AvgIpc) is 2.62. The van der Waals surface area contributed by atoms with Gasteiger partial charge < -0.3 is 18.5 Å². The van der Waals surface area contributed by atoms with Crippen LogP contribution in [0.3, 0.4) is 0 Å². The van der Waals surface area contributed by atoms with Crippen LogP contribution >= 0.6 is 0 Å². The summed E-state index contributed by atoms with van der Waals surface area (Å²) in [7, 11) is -4.86. The molecule has 2 aromatic rings. The molecule has 1 aromatic carbocycles. The third-order valence-electron chi connectivity index (χ3n) is 2.64. The van der Waals surface area contributed by atoms with Crippen molar-refractivity contribution in [3.05, 3.63) is 29.5 Å². The van der Waals surface area contributed by atoms with Crippen molar-refractivity contribution < 1.29 is 56.2 Å². The van der Waals surface area contributed by atoms with E-state index in [0.717, 1.165) is 0 Å². The van der Waals surface area contributed by atoms with Gasteiger partial charge >= 0.3 is 35.5 Å². The molecule has 0 unspecified atom stereocenters. The number of nitrogens with one attached hydrogen (secondary N) is 1. The van der Waals surface area contributed by atoms with Gasteiger partial charge in [0, 0.05) is 16.6 Å². The van der Waals surface area contributed by atoms with Crippen molar-refractivity contribution in [2.75, 3.05) is 6.61 Å². The number of rotatable bonds is 4. The van der Waals surface area contributed by atoms with E-state index in [9.17, 15) is 17.8 Å². The maximum atomic E-state index is 11.9. The Hall–Kier alpha value is -1.06. The molecule has 1 aromatic heterocycles. The first-order valence-corrected chi connectivity index (χ1v) is 7.10. The Morgan fingerprint density at radius 2 is 2.05 bits per heavy atom. The molecule has 0 saturated heterocycles. The molecule has 0 fully saturated rings. The van der Waals surface area contributed by atoms with Gasteiger partial charge in [-0.25, -0.2) is 13.2 Å². The van der Waals surface area contributed by atoms with Crippen LogP contribution in [0, 0.1) is 6.92 Å². The van der Waals surface area contributed by atoms with Crippen LogP contribution in [0.4, 0.5) is 0 Å². The molecule has 7 nitrogen and oxygen atoms in total. The van der Waals surface area contributed by atoms with E-state index in [1.807, 2.05) is 0 Å². The second kappa shape index (κ2) is 6.80. The molecule has 0 bridgehead atoms. The summed E-state index contributed by atoms with van der Waals surface area (Å²) in [5.74, 6) is -0.685. The van der Waals surface area contributed by atoms with Crippen molar-refractivity contribution in [1.29, 1.82) is 0 Å². The summed E-state index contributed by atoms with van der Waals surface area (Å²) in [6.45, 7) is 3.59. The van der Waals surface area contributed by atoms with Crippen LogP contribution in [-0.4, -0.2) is 30.5 Å². The minimum absolute atomic E-state index is 0. The topological polar surface area (TPSA) is 109 Å². The molecule has 9 heteroatoms. The largest absolute Gasteiger partial charge is 1.00 e. The minimum atomic E-state index is -4.86. The summed E-state index contributed by atoms with van der Waals surface area (Å²) >= 11 is 0. The second-order valence-electron chi connectivity index (χ2n) is 4.04. The average molecular weight is 321 g/mol. The van der Waals surface area contributed by atoms with Gasteiger partial charge in [0.2, 0.25) is 0 Å². The molecule has 0 aliphatic rings. The van der Waals surface area contributed by atoms with Gasteiger partial charge in [0.1, 0.15) is 5.75 Å². The molecule has 1 N–H and O–H groups in total. The van der Waals surface area contributed by atoms with Gasteiger partial charge in [-0.05, 0) is 32.0 Å². The molecule has 0 aliphatic carbocycles. The SMILES string of the molecule is CCOC(=O)c1c(C)[nH]c2ccc(OS(=O)(=O)[O-])cc12.[Na+]. The van der Waals surface area contributed by atoms with Crippen molar-refractivity contribution in [2.24, 2.45) is 0 Å². The fourth-order valence-electron chi connectivity index (χ4n) is 1.94. The van der Waals surface area contributed by atoms with Crippen molar-refractivity contribution in [2.45, 2.75) is 13.8 Å². The predicted molar refractivity (Wildman–Crippen MR) is 69.3 cm³/mol. The first kappa shape index (κ1) is 18.0. The molecular formula is C12H12NNaO6S. The molecule has 0 amide bonds. The maximum Gasteiger partial charge on any atom is 1.00 e. The van der Waals surface area contributed by atoms with Crippen LogP contribution in [0.5, 0.6) is 5.75 Å². The zero-order valence-corrected chi connectivity index (χ0v) is 14.6. The summed E-state index contributed by atoms with van der Waals surface area (Å²) in [6, 6.07) is 4.15. The molecule has 2 rings (SSSR count). The van der Waals surface area contributed by atoms with E-state index in [4.69, 9.17) is 4.74 Å². The number of H-pyrrole nitrogens is 1. The van der Waals surface area contributed by atoms with Crippen LogP contribution in [0.15, 0.2) is 18.2 Å². The first-order valence-electron chi connectivity index (χ1n) is 5.76. The van der Waals surface area contributed by atoms with Crippen molar-refractivity contribution in [3.63, 3.8) is 0 Å². The number of hydrogen-bond donors (Lipinski definition) is 1. The molecule has 0 saturated carbocycles. The van der Waals surface area contributed by atoms with E-state index < -0.39 is 16.4 Å². The predicted octanol–water partition coefficient (Wildman–Crippen LogP) is -1.50. The Kier molecular flexibility index (Phi) is 5.83. The van der Waals surface area contributed by atoms with E-state index in [0.29, 0.717) is 16.6 Å². The molecular weight excluding hydrogens is 309 g/mol. The Morgan fingerprint density at radius 1 is 1.38 bits per heavy atom. The Morgan fingerprint density at radius 3 is 2.62 bits per heavy atom. The molecule has 0 aliphatic heterocycles. The molecule has 0 radical (unpaired) electrons. The number of hydrogen-bond acceptors (Lipinski definition) is 6. The summed E-state index contributed by atoms with van der Waals surface area (Å²) in [4.78, 5) is 14.8. The number of carbonyl (C=O) groups is 1.